The van der Waals surface area contributed by atoms with Crippen molar-refractivity contribution in [2.75, 3.05) is 5.32 Å². The van der Waals surface area contributed by atoms with Gasteiger partial charge in [-0.2, -0.15) is 20.1 Å². The Hall–Kier alpha value is -2.18. The van der Waals surface area contributed by atoms with E-state index in [9.17, 15) is 0 Å². The fourth-order valence-corrected chi connectivity index (χ4v) is 2.06. The van der Waals surface area contributed by atoms with Gasteiger partial charge in [-0.15, -0.1) is 0 Å². The number of halogens is 2. The third-order valence-electron chi connectivity index (χ3n) is 2.75. The van der Waals surface area contributed by atoms with E-state index in [1.807, 2.05) is 19.1 Å². The number of aryl methyl sites for hydroxylation is 1. The summed E-state index contributed by atoms with van der Waals surface area (Å²) in [7, 11) is 0. The molecule has 0 radical (unpaired) electrons. The van der Waals surface area contributed by atoms with Crippen molar-refractivity contribution in [1.82, 2.24) is 24.7 Å². The maximum Gasteiger partial charge on any atom is 0.256 e. The van der Waals surface area contributed by atoms with Crippen LogP contribution in [0.2, 0.25) is 10.3 Å². The molecule has 1 N–H and O–H groups in total. The molecular formula is C13H10Cl2N6. The van der Waals surface area contributed by atoms with Crippen molar-refractivity contribution in [3.63, 3.8) is 0 Å². The zero-order chi connectivity index (χ0) is 14.8. The first-order valence-corrected chi connectivity index (χ1v) is 6.82. The third-order valence-corrected chi connectivity index (χ3v) is 3.16. The molecule has 8 heteroatoms. The van der Waals surface area contributed by atoms with Gasteiger partial charge in [0, 0.05) is 23.1 Å². The Morgan fingerprint density at radius 3 is 2.76 bits per heavy atom. The first kappa shape index (κ1) is 13.8. The predicted octanol–water partition coefficient (Wildman–Crippen LogP) is 3.42. The Morgan fingerprint density at radius 2 is 2.00 bits per heavy atom. The van der Waals surface area contributed by atoms with Crippen molar-refractivity contribution in [3.05, 3.63) is 52.5 Å². The van der Waals surface area contributed by atoms with Crippen LogP contribution in [0.15, 0.2) is 36.7 Å². The molecule has 2 aromatic heterocycles. The van der Waals surface area contributed by atoms with Gasteiger partial charge in [0.1, 0.15) is 0 Å². The second-order valence-electron chi connectivity index (χ2n) is 4.26. The molecule has 0 bridgehead atoms. The van der Waals surface area contributed by atoms with Crippen molar-refractivity contribution in [1.29, 1.82) is 0 Å². The minimum Gasteiger partial charge on any atom is -0.324 e. The van der Waals surface area contributed by atoms with E-state index in [1.165, 1.54) is 4.68 Å². The molecule has 0 saturated heterocycles. The van der Waals surface area contributed by atoms with Crippen LogP contribution < -0.4 is 5.32 Å². The van der Waals surface area contributed by atoms with Crippen LogP contribution in [-0.4, -0.2) is 24.7 Å². The maximum atomic E-state index is 5.99. The zero-order valence-electron chi connectivity index (χ0n) is 11.0. The Kier molecular flexibility index (Phi) is 3.72. The number of nitrogens with one attached hydrogen (secondary N) is 1. The lowest BCUT2D eigenvalue weighted by Crippen LogP contribution is -2.07. The van der Waals surface area contributed by atoms with Crippen LogP contribution >= 0.6 is 23.2 Å². The molecule has 21 heavy (non-hydrogen) atoms. The molecule has 1 aromatic carbocycles. The summed E-state index contributed by atoms with van der Waals surface area (Å²) in [5, 5.41) is 7.85. The number of nitrogens with zero attached hydrogens (tertiary/aromatic N) is 5. The molecule has 0 fully saturated rings. The molecular weight excluding hydrogens is 311 g/mol. The number of anilines is 2. The quantitative estimate of drug-likeness (QED) is 0.800. The minimum atomic E-state index is 0.0812. The Bertz CT molecular complexity index is 772. The Morgan fingerprint density at radius 1 is 1.14 bits per heavy atom. The fraction of sp³-hybridized carbons (Fsp3) is 0.0769. The van der Waals surface area contributed by atoms with E-state index in [2.05, 4.69) is 25.4 Å². The second kappa shape index (κ2) is 5.67. The molecule has 0 unspecified atom stereocenters. The van der Waals surface area contributed by atoms with Gasteiger partial charge < -0.3 is 5.32 Å². The second-order valence-corrected chi connectivity index (χ2v) is 5.04. The smallest absolute Gasteiger partial charge is 0.256 e. The first-order chi connectivity index (χ1) is 10.1. The van der Waals surface area contributed by atoms with Gasteiger partial charge in [-0.05, 0) is 42.3 Å². The van der Waals surface area contributed by atoms with Crippen LogP contribution in [0.4, 0.5) is 11.6 Å². The van der Waals surface area contributed by atoms with Crippen molar-refractivity contribution < 1.29 is 0 Å². The zero-order valence-corrected chi connectivity index (χ0v) is 12.5. The van der Waals surface area contributed by atoms with Crippen molar-refractivity contribution in [2.24, 2.45) is 0 Å². The monoisotopic (exact) mass is 320 g/mol. The fourth-order valence-electron chi connectivity index (χ4n) is 1.73. The van der Waals surface area contributed by atoms with Crippen molar-refractivity contribution in [3.8, 4) is 5.95 Å². The number of aromatic nitrogens is 5. The van der Waals surface area contributed by atoms with Gasteiger partial charge in [0.2, 0.25) is 11.2 Å². The first-order valence-electron chi connectivity index (χ1n) is 6.06. The number of rotatable bonds is 3. The van der Waals surface area contributed by atoms with Gasteiger partial charge >= 0.3 is 0 Å². The van der Waals surface area contributed by atoms with Crippen molar-refractivity contribution in [2.45, 2.75) is 6.92 Å². The van der Waals surface area contributed by atoms with Gasteiger partial charge in [-0.3, -0.25) is 0 Å². The predicted molar refractivity (Wildman–Crippen MR) is 81.4 cm³/mol. The average Bonchev–Trinajstić information content (AvgIpc) is 2.96. The highest BCUT2D eigenvalue weighted by Crippen LogP contribution is 2.23. The van der Waals surface area contributed by atoms with Crippen LogP contribution in [-0.2, 0) is 0 Å². The molecule has 0 amide bonds. The normalized spacial score (nSPS) is 10.6. The molecule has 0 atom stereocenters. The molecule has 0 saturated carbocycles. The van der Waals surface area contributed by atoms with E-state index < -0.39 is 0 Å². The van der Waals surface area contributed by atoms with Gasteiger partial charge in [0.05, 0.1) is 0 Å². The molecule has 3 aromatic rings. The SMILES string of the molecule is Cc1ccc(Cl)cc1Nc1nc(Cl)nc(-n2cccn2)n1. The molecule has 6 nitrogen and oxygen atoms in total. The minimum absolute atomic E-state index is 0.0812. The summed E-state index contributed by atoms with van der Waals surface area (Å²) in [4.78, 5) is 12.4. The number of hydrogen-bond donors (Lipinski definition) is 1. The molecule has 2 heterocycles. The van der Waals surface area contributed by atoms with Crippen LogP contribution in [0.3, 0.4) is 0 Å². The molecule has 0 aliphatic rings. The van der Waals surface area contributed by atoms with Gasteiger partial charge in [-0.1, -0.05) is 17.7 Å². The van der Waals surface area contributed by atoms with E-state index >= 15 is 0 Å². The summed E-state index contributed by atoms with van der Waals surface area (Å²) in [6, 6.07) is 7.29. The maximum absolute atomic E-state index is 5.99. The Labute approximate surface area is 130 Å². The summed E-state index contributed by atoms with van der Waals surface area (Å²) in [6.07, 6.45) is 3.35. The summed E-state index contributed by atoms with van der Waals surface area (Å²) in [5.74, 6) is 0.660. The molecule has 0 spiro atoms. The van der Waals surface area contributed by atoms with E-state index in [1.54, 1.807) is 24.5 Å². The standard InChI is InChI=1S/C13H10Cl2N6/c1-8-3-4-9(14)7-10(8)17-12-18-11(15)19-13(20-12)21-6-2-5-16-21/h2-7H,1H3,(H,17,18,19,20). The largest absolute Gasteiger partial charge is 0.324 e. The van der Waals surface area contributed by atoms with Crippen LogP contribution in [0, 0.1) is 6.92 Å². The lowest BCUT2D eigenvalue weighted by atomic mass is 10.2. The molecule has 3 rings (SSSR count). The highest BCUT2D eigenvalue weighted by Gasteiger charge is 2.08. The number of hydrogen-bond acceptors (Lipinski definition) is 5. The van der Waals surface area contributed by atoms with Crippen LogP contribution in [0.25, 0.3) is 5.95 Å². The van der Waals surface area contributed by atoms with E-state index in [0.717, 1.165) is 11.3 Å². The topological polar surface area (TPSA) is 68.5 Å². The molecule has 0 aliphatic heterocycles. The average molecular weight is 321 g/mol. The Balaban J connectivity index is 1.97. The van der Waals surface area contributed by atoms with Gasteiger partial charge in [0.25, 0.3) is 5.95 Å². The van der Waals surface area contributed by atoms with Crippen LogP contribution in [0.1, 0.15) is 5.56 Å². The highest BCUT2D eigenvalue weighted by atomic mass is 35.5. The van der Waals surface area contributed by atoms with Crippen molar-refractivity contribution >= 4 is 34.8 Å². The number of benzene rings is 1. The van der Waals surface area contributed by atoms with Crippen LogP contribution in [0.5, 0.6) is 0 Å². The lowest BCUT2D eigenvalue weighted by Gasteiger charge is -2.09. The molecule has 106 valence electrons. The third kappa shape index (κ3) is 3.12. The summed E-state index contributed by atoms with van der Waals surface area (Å²) in [6.45, 7) is 1.95. The van der Waals surface area contributed by atoms with E-state index in [-0.39, 0.29) is 5.28 Å². The highest BCUT2D eigenvalue weighted by molar-refractivity contribution is 6.30. The summed E-state index contributed by atoms with van der Waals surface area (Å²) in [5.41, 5.74) is 1.81. The molecule has 0 aliphatic carbocycles. The van der Waals surface area contributed by atoms with E-state index in [0.29, 0.717) is 16.9 Å². The summed E-state index contributed by atoms with van der Waals surface area (Å²) >= 11 is 11.9. The van der Waals surface area contributed by atoms with Gasteiger partial charge in [-0.25, -0.2) is 4.68 Å². The summed E-state index contributed by atoms with van der Waals surface area (Å²) < 4.78 is 1.50. The van der Waals surface area contributed by atoms with Gasteiger partial charge in [0.15, 0.2) is 0 Å². The lowest BCUT2D eigenvalue weighted by molar-refractivity contribution is 0.798. The van der Waals surface area contributed by atoms with E-state index in [4.69, 9.17) is 23.2 Å².